The first kappa shape index (κ1) is 11.6. The zero-order chi connectivity index (χ0) is 11.6. The number of rotatable bonds is 4. The lowest BCUT2D eigenvalue weighted by Gasteiger charge is -2.23. The van der Waals surface area contributed by atoms with Crippen LogP contribution in [0.3, 0.4) is 0 Å². The lowest BCUT2D eigenvalue weighted by Crippen LogP contribution is -2.30. The van der Waals surface area contributed by atoms with Crippen LogP contribution in [0, 0.1) is 11.3 Å². The monoisotopic (exact) mass is 238 g/mol. The number of carbonyl (C=O) groups is 1. The van der Waals surface area contributed by atoms with Crippen LogP contribution >= 0.6 is 11.3 Å². The van der Waals surface area contributed by atoms with E-state index in [9.17, 15) is 9.90 Å². The normalized spacial score (nSPS) is 29.4. The number of hydrogen-bond donors (Lipinski definition) is 1. The van der Waals surface area contributed by atoms with Crippen LogP contribution in [0.4, 0.5) is 0 Å². The second-order valence-electron chi connectivity index (χ2n) is 4.91. The number of thiophene rings is 1. The summed E-state index contributed by atoms with van der Waals surface area (Å²) >= 11 is 1.65. The number of carboxylic acid groups (broad SMARTS) is 1. The Morgan fingerprint density at radius 3 is 3.00 bits per heavy atom. The highest BCUT2D eigenvalue weighted by atomic mass is 32.1. The fraction of sp³-hybridized carbons (Fsp3) is 0.615. The van der Waals surface area contributed by atoms with Crippen molar-refractivity contribution in [2.45, 2.75) is 39.0 Å². The van der Waals surface area contributed by atoms with Crippen LogP contribution in [-0.2, 0) is 11.2 Å². The maximum Gasteiger partial charge on any atom is 0.309 e. The number of carboxylic acids is 1. The molecule has 0 aromatic carbocycles. The summed E-state index contributed by atoms with van der Waals surface area (Å²) in [4.78, 5) is 11.5. The molecule has 2 rings (SSSR count). The summed E-state index contributed by atoms with van der Waals surface area (Å²) in [6.07, 6.45) is 4.60. The van der Waals surface area contributed by atoms with Crippen molar-refractivity contribution in [1.82, 2.24) is 0 Å². The summed E-state index contributed by atoms with van der Waals surface area (Å²) < 4.78 is 0. The molecule has 1 aromatic rings. The molecule has 1 aromatic heterocycles. The third kappa shape index (κ3) is 2.14. The lowest BCUT2D eigenvalue weighted by molar-refractivity contribution is -0.148. The molecule has 0 saturated heterocycles. The van der Waals surface area contributed by atoms with E-state index in [1.165, 1.54) is 5.56 Å². The van der Waals surface area contributed by atoms with Gasteiger partial charge in [0.25, 0.3) is 0 Å². The zero-order valence-electron chi connectivity index (χ0n) is 9.61. The van der Waals surface area contributed by atoms with Crippen molar-refractivity contribution < 1.29 is 9.90 Å². The van der Waals surface area contributed by atoms with Crippen LogP contribution in [-0.4, -0.2) is 11.1 Å². The Hall–Kier alpha value is -0.830. The van der Waals surface area contributed by atoms with E-state index in [1.54, 1.807) is 11.3 Å². The van der Waals surface area contributed by atoms with Gasteiger partial charge in [0.1, 0.15) is 0 Å². The van der Waals surface area contributed by atoms with Crippen LogP contribution in [0.5, 0.6) is 0 Å². The smallest absolute Gasteiger partial charge is 0.309 e. The van der Waals surface area contributed by atoms with Gasteiger partial charge in [0.2, 0.25) is 0 Å². The second kappa shape index (κ2) is 4.58. The number of hydrogen-bond acceptors (Lipinski definition) is 2. The van der Waals surface area contributed by atoms with Crippen molar-refractivity contribution in [3.8, 4) is 0 Å². The number of aliphatic carboxylic acids is 1. The van der Waals surface area contributed by atoms with Crippen LogP contribution < -0.4 is 0 Å². The first-order valence-corrected chi connectivity index (χ1v) is 6.85. The predicted octanol–water partition coefficient (Wildman–Crippen LogP) is 3.57. The van der Waals surface area contributed by atoms with Gasteiger partial charge in [-0.05, 0) is 54.0 Å². The van der Waals surface area contributed by atoms with Crippen molar-refractivity contribution in [1.29, 1.82) is 0 Å². The SMILES string of the molecule is CCC1CCC(Cc2ccsc2)(C(=O)O)C1. The molecule has 1 aliphatic carbocycles. The molecule has 1 heterocycles. The Labute approximate surface area is 100 Å². The van der Waals surface area contributed by atoms with Crippen molar-refractivity contribution in [3.63, 3.8) is 0 Å². The van der Waals surface area contributed by atoms with Gasteiger partial charge >= 0.3 is 5.97 Å². The molecule has 16 heavy (non-hydrogen) atoms. The molecule has 2 unspecified atom stereocenters. The highest BCUT2D eigenvalue weighted by Gasteiger charge is 2.44. The van der Waals surface area contributed by atoms with Gasteiger partial charge in [0, 0.05) is 0 Å². The minimum Gasteiger partial charge on any atom is -0.481 e. The molecule has 1 saturated carbocycles. The predicted molar refractivity (Wildman–Crippen MR) is 65.7 cm³/mol. The van der Waals surface area contributed by atoms with E-state index in [-0.39, 0.29) is 0 Å². The molecular formula is C13H18O2S. The van der Waals surface area contributed by atoms with Crippen molar-refractivity contribution >= 4 is 17.3 Å². The zero-order valence-corrected chi connectivity index (χ0v) is 10.4. The highest BCUT2D eigenvalue weighted by Crippen LogP contribution is 2.45. The van der Waals surface area contributed by atoms with Gasteiger partial charge < -0.3 is 5.11 Å². The van der Waals surface area contributed by atoms with Gasteiger partial charge in [-0.15, -0.1) is 0 Å². The fourth-order valence-corrected chi connectivity index (χ4v) is 3.47. The van der Waals surface area contributed by atoms with Crippen molar-refractivity contribution in [2.24, 2.45) is 11.3 Å². The molecule has 3 heteroatoms. The fourth-order valence-electron chi connectivity index (χ4n) is 2.80. The van der Waals surface area contributed by atoms with E-state index >= 15 is 0 Å². The van der Waals surface area contributed by atoms with Crippen LogP contribution in [0.1, 0.15) is 38.2 Å². The van der Waals surface area contributed by atoms with E-state index in [2.05, 4.69) is 18.4 Å². The van der Waals surface area contributed by atoms with Crippen LogP contribution in [0.25, 0.3) is 0 Å². The van der Waals surface area contributed by atoms with E-state index < -0.39 is 11.4 Å². The summed E-state index contributed by atoms with van der Waals surface area (Å²) in [6.45, 7) is 2.16. The maximum absolute atomic E-state index is 11.5. The van der Waals surface area contributed by atoms with Gasteiger partial charge in [-0.25, -0.2) is 0 Å². The summed E-state index contributed by atoms with van der Waals surface area (Å²) in [5.41, 5.74) is 0.700. The third-order valence-corrected chi connectivity index (χ3v) is 4.60. The van der Waals surface area contributed by atoms with Gasteiger partial charge in [0.05, 0.1) is 5.41 Å². The molecule has 1 fully saturated rings. The second-order valence-corrected chi connectivity index (χ2v) is 5.69. The standard InChI is InChI=1S/C13H18O2S/c1-2-10-3-5-13(7-10,12(14)15)8-11-4-6-16-9-11/h4,6,9-10H,2-3,5,7-8H2,1H3,(H,14,15). The van der Waals surface area contributed by atoms with Crippen molar-refractivity contribution in [3.05, 3.63) is 22.4 Å². The summed E-state index contributed by atoms with van der Waals surface area (Å²) in [5, 5.41) is 13.6. The minimum atomic E-state index is -0.602. The van der Waals surface area contributed by atoms with E-state index in [4.69, 9.17) is 0 Å². The minimum absolute atomic E-state index is 0.484. The van der Waals surface area contributed by atoms with Gasteiger partial charge in [-0.2, -0.15) is 11.3 Å². The first-order valence-electron chi connectivity index (χ1n) is 5.91. The Morgan fingerprint density at radius 2 is 2.50 bits per heavy atom. The molecule has 0 bridgehead atoms. The molecule has 1 N–H and O–H groups in total. The highest BCUT2D eigenvalue weighted by molar-refractivity contribution is 7.07. The molecular weight excluding hydrogens is 220 g/mol. The Morgan fingerprint density at radius 1 is 1.69 bits per heavy atom. The Bertz CT molecular complexity index is 358. The quantitative estimate of drug-likeness (QED) is 0.870. The van der Waals surface area contributed by atoms with E-state index in [0.29, 0.717) is 12.3 Å². The topological polar surface area (TPSA) is 37.3 Å². The maximum atomic E-state index is 11.5. The average Bonchev–Trinajstić information content (AvgIpc) is 2.88. The summed E-state index contributed by atoms with van der Waals surface area (Å²) in [7, 11) is 0. The van der Waals surface area contributed by atoms with E-state index in [0.717, 1.165) is 25.7 Å². The molecule has 0 aliphatic heterocycles. The Balaban J connectivity index is 2.14. The van der Waals surface area contributed by atoms with Gasteiger partial charge in [-0.1, -0.05) is 13.3 Å². The molecule has 1 aliphatic rings. The Kier molecular flexibility index (Phi) is 3.33. The third-order valence-electron chi connectivity index (χ3n) is 3.86. The molecule has 0 spiro atoms. The van der Waals surface area contributed by atoms with E-state index in [1.807, 2.05) is 5.38 Å². The van der Waals surface area contributed by atoms with Crippen molar-refractivity contribution in [2.75, 3.05) is 0 Å². The average molecular weight is 238 g/mol. The summed E-state index contributed by atoms with van der Waals surface area (Å²) in [6, 6.07) is 2.05. The van der Waals surface area contributed by atoms with Crippen LogP contribution in [0.15, 0.2) is 16.8 Å². The molecule has 0 radical (unpaired) electrons. The molecule has 2 atom stereocenters. The molecule has 0 amide bonds. The summed E-state index contributed by atoms with van der Waals surface area (Å²) in [5.74, 6) is 0.00406. The first-order chi connectivity index (χ1) is 7.66. The molecule has 88 valence electrons. The lowest BCUT2D eigenvalue weighted by atomic mass is 9.80. The van der Waals surface area contributed by atoms with Gasteiger partial charge in [-0.3, -0.25) is 4.79 Å². The van der Waals surface area contributed by atoms with Gasteiger partial charge in [0.15, 0.2) is 0 Å². The molecule has 2 nitrogen and oxygen atoms in total. The largest absolute Gasteiger partial charge is 0.481 e. The van der Waals surface area contributed by atoms with Crippen LogP contribution in [0.2, 0.25) is 0 Å².